The molecular weight excluding hydrogens is 592 g/mol. The fourth-order valence-corrected chi connectivity index (χ4v) is 7.28. The van der Waals surface area contributed by atoms with Gasteiger partial charge in [-0.25, -0.2) is 9.59 Å². The summed E-state index contributed by atoms with van der Waals surface area (Å²) in [6.07, 6.45) is 43.7. The van der Waals surface area contributed by atoms with Crippen LogP contribution in [-0.4, -0.2) is 22.2 Å². The van der Waals surface area contributed by atoms with Gasteiger partial charge in [0.1, 0.15) is 0 Å². The quantitative estimate of drug-likeness (QED) is 0.0697. The van der Waals surface area contributed by atoms with E-state index in [1.165, 1.54) is 186 Å². The molecule has 278 valence electrons. The van der Waals surface area contributed by atoms with Gasteiger partial charge in [0.05, 0.1) is 11.1 Å². The number of carbonyl (C=O) groups is 2. The van der Waals surface area contributed by atoms with E-state index in [0.29, 0.717) is 0 Å². The number of carboxylic acid groups (broad SMARTS) is 2. The van der Waals surface area contributed by atoms with Crippen LogP contribution < -0.4 is 0 Å². The lowest BCUT2D eigenvalue weighted by atomic mass is 9.90. The zero-order valence-electron chi connectivity index (χ0n) is 31.9. The van der Waals surface area contributed by atoms with Crippen molar-refractivity contribution in [1.82, 2.24) is 0 Å². The van der Waals surface area contributed by atoms with E-state index in [1.54, 1.807) is 6.07 Å². The second-order valence-corrected chi connectivity index (χ2v) is 14.9. The van der Waals surface area contributed by atoms with Crippen molar-refractivity contribution in [2.24, 2.45) is 0 Å². The number of hydrogen-bond acceptors (Lipinski definition) is 2. The number of aryl methyl sites for hydroxylation is 1. The van der Waals surface area contributed by atoms with Crippen LogP contribution in [0.4, 0.5) is 0 Å². The number of rotatable bonds is 36. The van der Waals surface area contributed by atoms with Gasteiger partial charge in [-0.1, -0.05) is 206 Å². The molecule has 48 heavy (non-hydrogen) atoms. The second kappa shape index (κ2) is 32.4. The molecule has 0 aliphatic heterocycles. The van der Waals surface area contributed by atoms with Gasteiger partial charge in [0.15, 0.2) is 0 Å². The third kappa shape index (κ3) is 24.3. The molecular formula is C44H78O4. The highest BCUT2D eigenvalue weighted by Gasteiger charge is 2.18. The lowest BCUT2D eigenvalue weighted by Crippen LogP contribution is -2.10. The molecule has 0 amide bonds. The largest absolute Gasteiger partial charge is 0.478 e. The first-order valence-corrected chi connectivity index (χ1v) is 21.1. The summed E-state index contributed by atoms with van der Waals surface area (Å²) < 4.78 is 0. The fraction of sp³-hybridized carbons (Fsp3) is 0.818. The molecule has 0 atom stereocenters. The minimum Gasteiger partial charge on any atom is -0.478 e. The van der Waals surface area contributed by atoms with Crippen molar-refractivity contribution < 1.29 is 19.8 Å². The van der Waals surface area contributed by atoms with Gasteiger partial charge < -0.3 is 10.2 Å². The number of aromatic carboxylic acids is 2. The summed E-state index contributed by atoms with van der Waals surface area (Å²) in [6, 6.07) is 3.13. The minimum atomic E-state index is -1.04. The van der Waals surface area contributed by atoms with E-state index in [1.807, 2.05) is 0 Å². The Morgan fingerprint density at radius 1 is 0.396 bits per heavy atom. The highest BCUT2D eigenvalue weighted by Crippen LogP contribution is 2.24. The predicted octanol–water partition coefficient (Wildman–Crippen LogP) is 14.7. The Kier molecular flexibility index (Phi) is 29.8. The van der Waals surface area contributed by atoms with Crippen LogP contribution >= 0.6 is 0 Å². The fourth-order valence-electron chi connectivity index (χ4n) is 7.28. The first-order chi connectivity index (χ1) is 23.5. The van der Waals surface area contributed by atoms with Gasteiger partial charge in [0.2, 0.25) is 0 Å². The molecule has 0 unspecified atom stereocenters. The standard InChI is InChI=1S/C44H78O4/c1-3-5-7-9-11-13-15-17-19-21-23-25-27-29-31-33-35-39-37-40(43(45)46)38-42(44(47)48)41(39)36-34-32-30-28-26-24-22-20-18-16-14-12-10-8-6-4-2/h37-38H,3-36H2,1-2H3,(H,45,46)(H,47,48). The third-order valence-electron chi connectivity index (χ3n) is 10.4. The van der Waals surface area contributed by atoms with Gasteiger partial charge in [0.25, 0.3) is 0 Å². The first-order valence-electron chi connectivity index (χ1n) is 21.1. The molecule has 4 heteroatoms. The molecule has 4 nitrogen and oxygen atoms in total. The van der Waals surface area contributed by atoms with E-state index in [2.05, 4.69) is 13.8 Å². The van der Waals surface area contributed by atoms with E-state index in [0.717, 1.165) is 49.7 Å². The molecule has 0 radical (unpaired) electrons. The molecule has 1 aromatic rings. The third-order valence-corrected chi connectivity index (χ3v) is 10.4. The maximum Gasteiger partial charge on any atom is 0.335 e. The molecule has 0 aromatic heterocycles. The zero-order valence-corrected chi connectivity index (χ0v) is 31.9. The molecule has 0 heterocycles. The van der Waals surface area contributed by atoms with Crippen LogP contribution in [0.3, 0.4) is 0 Å². The van der Waals surface area contributed by atoms with E-state index in [-0.39, 0.29) is 11.1 Å². The van der Waals surface area contributed by atoms with Crippen LogP contribution in [0.15, 0.2) is 12.1 Å². The Balaban J connectivity index is 2.26. The van der Waals surface area contributed by atoms with Crippen molar-refractivity contribution in [2.75, 3.05) is 0 Å². The molecule has 1 rings (SSSR count). The molecule has 1 aromatic carbocycles. The highest BCUT2D eigenvalue weighted by molar-refractivity contribution is 5.95. The number of benzene rings is 1. The summed E-state index contributed by atoms with van der Waals surface area (Å²) in [5, 5.41) is 19.6. The van der Waals surface area contributed by atoms with Gasteiger partial charge in [-0.15, -0.1) is 0 Å². The number of hydrogen-bond donors (Lipinski definition) is 2. The Hall–Kier alpha value is -1.84. The maximum atomic E-state index is 12.2. The summed E-state index contributed by atoms with van der Waals surface area (Å²) in [4.78, 5) is 23.9. The topological polar surface area (TPSA) is 74.6 Å². The van der Waals surface area contributed by atoms with Crippen LogP contribution in [0.1, 0.15) is 251 Å². The Morgan fingerprint density at radius 2 is 0.688 bits per heavy atom. The number of carboxylic acids is 2. The number of unbranched alkanes of at least 4 members (excludes halogenated alkanes) is 30. The van der Waals surface area contributed by atoms with Crippen LogP contribution in [0.5, 0.6) is 0 Å². The van der Waals surface area contributed by atoms with Crippen molar-refractivity contribution >= 4 is 11.9 Å². The first kappa shape index (κ1) is 44.2. The lowest BCUT2D eigenvalue weighted by Gasteiger charge is -2.15. The predicted molar refractivity (Wildman–Crippen MR) is 207 cm³/mol. The zero-order chi connectivity index (χ0) is 34.9. The Bertz CT molecular complexity index is 907. The smallest absolute Gasteiger partial charge is 0.335 e. The summed E-state index contributed by atoms with van der Waals surface area (Å²) in [7, 11) is 0. The molecule has 0 aliphatic rings. The van der Waals surface area contributed by atoms with Crippen LogP contribution in [-0.2, 0) is 12.8 Å². The molecule has 0 bridgehead atoms. The van der Waals surface area contributed by atoms with Gasteiger partial charge in [-0.05, 0) is 48.9 Å². The summed E-state index contributed by atoms with van der Waals surface area (Å²) >= 11 is 0. The highest BCUT2D eigenvalue weighted by atomic mass is 16.4. The maximum absolute atomic E-state index is 12.2. The van der Waals surface area contributed by atoms with Crippen LogP contribution in [0.2, 0.25) is 0 Å². The van der Waals surface area contributed by atoms with Crippen molar-refractivity contribution in [3.05, 3.63) is 34.4 Å². The second-order valence-electron chi connectivity index (χ2n) is 14.9. The lowest BCUT2D eigenvalue weighted by molar-refractivity contribution is 0.0695. The normalized spacial score (nSPS) is 11.4. The molecule has 2 N–H and O–H groups in total. The van der Waals surface area contributed by atoms with E-state index in [9.17, 15) is 19.8 Å². The van der Waals surface area contributed by atoms with E-state index in [4.69, 9.17) is 0 Å². The van der Waals surface area contributed by atoms with Crippen molar-refractivity contribution in [2.45, 2.75) is 232 Å². The average Bonchev–Trinajstić information content (AvgIpc) is 3.07. The summed E-state index contributed by atoms with van der Waals surface area (Å²) in [6.45, 7) is 4.55. The summed E-state index contributed by atoms with van der Waals surface area (Å²) in [5.41, 5.74) is 2.12. The van der Waals surface area contributed by atoms with Crippen molar-refractivity contribution in [3.63, 3.8) is 0 Å². The molecule has 0 saturated heterocycles. The molecule has 0 spiro atoms. The molecule has 0 fully saturated rings. The minimum absolute atomic E-state index is 0.106. The molecule has 0 saturated carbocycles. The average molecular weight is 671 g/mol. The Labute approximate surface area is 297 Å². The van der Waals surface area contributed by atoms with Gasteiger partial charge in [0, 0.05) is 0 Å². The van der Waals surface area contributed by atoms with Crippen LogP contribution in [0.25, 0.3) is 0 Å². The van der Waals surface area contributed by atoms with Crippen LogP contribution in [0, 0.1) is 0 Å². The summed E-state index contributed by atoms with van der Waals surface area (Å²) in [5.74, 6) is -2.04. The molecule has 0 aliphatic carbocycles. The Morgan fingerprint density at radius 3 is 0.979 bits per heavy atom. The van der Waals surface area contributed by atoms with E-state index < -0.39 is 11.9 Å². The SMILES string of the molecule is CCCCCCCCCCCCCCCCCCc1cc(C(=O)O)cc(C(=O)O)c1CCCCCCCCCCCCCCCCCC. The monoisotopic (exact) mass is 671 g/mol. The van der Waals surface area contributed by atoms with Crippen molar-refractivity contribution in [1.29, 1.82) is 0 Å². The van der Waals surface area contributed by atoms with Gasteiger partial charge in [-0.2, -0.15) is 0 Å². The van der Waals surface area contributed by atoms with Crippen molar-refractivity contribution in [3.8, 4) is 0 Å². The van der Waals surface area contributed by atoms with E-state index >= 15 is 0 Å². The van der Waals surface area contributed by atoms with Gasteiger partial charge in [-0.3, -0.25) is 0 Å². The van der Waals surface area contributed by atoms with Gasteiger partial charge >= 0.3 is 11.9 Å².